The van der Waals surface area contributed by atoms with E-state index in [9.17, 15) is 0 Å². The Bertz CT molecular complexity index is 252. The predicted molar refractivity (Wildman–Crippen MR) is 72.1 cm³/mol. The minimum absolute atomic E-state index is 0.455. The van der Waals surface area contributed by atoms with E-state index in [4.69, 9.17) is 0 Å². The van der Waals surface area contributed by atoms with Crippen LogP contribution in [0.15, 0.2) is 0 Å². The first-order valence-electron chi connectivity index (χ1n) is 7.65. The van der Waals surface area contributed by atoms with E-state index < -0.39 is 0 Å². The van der Waals surface area contributed by atoms with Crippen molar-refractivity contribution in [3.8, 4) is 0 Å². The Labute approximate surface area is 106 Å². The van der Waals surface area contributed by atoms with Gasteiger partial charge in [-0.05, 0) is 70.8 Å². The first kappa shape index (κ1) is 12.0. The van der Waals surface area contributed by atoms with E-state index in [1.54, 1.807) is 0 Å². The number of rotatable bonds is 6. The summed E-state index contributed by atoms with van der Waals surface area (Å²) in [4.78, 5) is 2.68. The zero-order chi connectivity index (χ0) is 11.9. The molecule has 0 aromatic heterocycles. The Balaban J connectivity index is 1.41. The summed E-state index contributed by atoms with van der Waals surface area (Å²) in [6, 6.07) is 0.876. The number of hydrogen-bond donors (Lipinski definition) is 1. The average Bonchev–Trinajstić information content (AvgIpc) is 3.13. The maximum atomic E-state index is 3.87. The Morgan fingerprint density at radius 3 is 2.29 bits per heavy atom. The third-order valence-corrected chi connectivity index (χ3v) is 5.09. The summed E-state index contributed by atoms with van der Waals surface area (Å²) in [5.41, 5.74) is 0.455. The number of nitrogens with zero attached hydrogens (tertiary/aromatic N) is 1. The second kappa shape index (κ2) is 4.55. The second-order valence-electron chi connectivity index (χ2n) is 7.06. The van der Waals surface area contributed by atoms with Crippen molar-refractivity contribution in [3.63, 3.8) is 0 Å². The first-order chi connectivity index (χ1) is 8.17. The van der Waals surface area contributed by atoms with Gasteiger partial charge in [0.05, 0.1) is 0 Å². The first-order valence-corrected chi connectivity index (χ1v) is 7.65. The molecule has 0 aromatic carbocycles. The van der Waals surface area contributed by atoms with Crippen molar-refractivity contribution in [1.29, 1.82) is 0 Å². The normalized spacial score (nSPS) is 29.1. The maximum Gasteiger partial charge on any atom is 0.0154 e. The lowest BCUT2D eigenvalue weighted by Gasteiger charge is -2.32. The smallest absolute Gasteiger partial charge is 0.0154 e. The van der Waals surface area contributed by atoms with Crippen molar-refractivity contribution in [2.24, 2.45) is 11.8 Å². The van der Waals surface area contributed by atoms with Crippen molar-refractivity contribution in [2.45, 2.75) is 64.0 Å². The summed E-state index contributed by atoms with van der Waals surface area (Å²) in [6.45, 7) is 8.58. The van der Waals surface area contributed by atoms with E-state index in [1.165, 1.54) is 58.2 Å². The molecule has 2 heteroatoms. The van der Waals surface area contributed by atoms with Gasteiger partial charge in [0.15, 0.2) is 0 Å². The zero-order valence-corrected chi connectivity index (χ0v) is 11.5. The van der Waals surface area contributed by atoms with E-state index in [2.05, 4.69) is 24.1 Å². The molecular weight excluding hydrogens is 208 g/mol. The largest absolute Gasteiger partial charge is 0.312 e. The molecule has 0 aromatic rings. The van der Waals surface area contributed by atoms with E-state index in [0.717, 1.165) is 17.9 Å². The average molecular weight is 236 g/mol. The van der Waals surface area contributed by atoms with E-state index >= 15 is 0 Å². The van der Waals surface area contributed by atoms with Crippen molar-refractivity contribution in [1.82, 2.24) is 10.2 Å². The molecule has 2 nitrogen and oxygen atoms in total. The molecule has 1 heterocycles. The lowest BCUT2D eigenvalue weighted by molar-refractivity contribution is 0.172. The summed E-state index contributed by atoms with van der Waals surface area (Å²) in [6.07, 6.45) is 8.73. The molecule has 0 amide bonds. The standard InChI is InChI=1S/C15H28N2/c1-15(2)8-3-10-17(15)11-9-16-14(12-4-5-12)13-6-7-13/h12-14,16H,3-11H2,1-2H3. The molecule has 3 rings (SSSR count). The van der Waals surface area contributed by atoms with Gasteiger partial charge in [0, 0.05) is 24.7 Å². The molecule has 0 unspecified atom stereocenters. The van der Waals surface area contributed by atoms with E-state index in [0.29, 0.717) is 5.54 Å². The summed E-state index contributed by atoms with van der Waals surface area (Å²) < 4.78 is 0. The molecule has 0 radical (unpaired) electrons. The lowest BCUT2D eigenvalue weighted by atomic mass is 10.0. The van der Waals surface area contributed by atoms with Crippen molar-refractivity contribution < 1.29 is 0 Å². The molecule has 0 bridgehead atoms. The third-order valence-electron chi connectivity index (χ3n) is 5.09. The van der Waals surface area contributed by atoms with Crippen LogP contribution in [0.2, 0.25) is 0 Å². The summed E-state index contributed by atoms with van der Waals surface area (Å²) in [7, 11) is 0. The summed E-state index contributed by atoms with van der Waals surface area (Å²) >= 11 is 0. The van der Waals surface area contributed by atoms with Crippen molar-refractivity contribution in [2.75, 3.05) is 19.6 Å². The van der Waals surface area contributed by atoms with Crippen LogP contribution < -0.4 is 5.32 Å². The van der Waals surface area contributed by atoms with Crippen molar-refractivity contribution in [3.05, 3.63) is 0 Å². The summed E-state index contributed by atoms with van der Waals surface area (Å²) in [5.74, 6) is 2.07. The Morgan fingerprint density at radius 2 is 1.82 bits per heavy atom. The van der Waals surface area contributed by atoms with Gasteiger partial charge in [0.25, 0.3) is 0 Å². The minimum Gasteiger partial charge on any atom is -0.312 e. The highest BCUT2D eigenvalue weighted by atomic mass is 15.2. The fourth-order valence-electron chi connectivity index (χ4n) is 3.57. The molecule has 0 atom stereocenters. The van der Waals surface area contributed by atoms with Gasteiger partial charge < -0.3 is 5.32 Å². The Hall–Kier alpha value is -0.0800. The zero-order valence-electron chi connectivity index (χ0n) is 11.5. The van der Waals surface area contributed by atoms with Crippen molar-refractivity contribution >= 4 is 0 Å². The van der Waals surface area contributed by atoms with Gasteiger partial charge in [-0.25, -0.2) is 0 Å². The van der Waals surface area contributed by atoms with E-state index in [1.807, 2.05) is 0 Å². The fourth-order valence-corrected chi connectivity index (χ4v) is 3.57. The van der Waals surface area contributed by atoms with Gasteiger partial charge in [-0.2, -0.15) is 0 Å². The molecule has 1 N–H and O–H groups in total. The molecule has 1 saturated heterocycles. The number of likely N-dealkylation sites (tertiary alicyclic amines) is 1. The third kappa shape index (κ3) is 2.85. The molecule has 1 aliphatic heterocycles. The van der Waals surface area contributed by atoms with Gasteiger partial charge in [-0.3, -0.25) is 4.90 Å². The SMILES string of the molecule is CC1(C)CCCN1CCNC(C1CC1)C1CC1. The predicted octanol–water partition coefficient (Wildman–Crippen LogP) is 2.64. The molecule has 3 aliphatic rings. The molecule has 98 valence electrons. The van der Waals surface area contributed by atoms with Crippen LogP contribution in [-0.4, -0.2) is 36.1 Å². The second-order valence-corrected chi connectivity index (χ2v) is 7.06. The van der Waals surface area contributed by atoms with E-state index in [-0.39, 0.29) is 0 Å². The molecule has 2 aliphatic carbocycles. The highest BCUT2D eigenvalue weighted by Gasteiger charge is 2.41. The Morgan fingerprint density at radius 1 is 1.18 bits per heavy atom. The molecule has 2 saturated carbocycles. The van der Waals surface area contributed by atoms with Gasteiger partial charge in [0.1, 0.15) is 0 Å². The topological polar surface area (TPSA) is 15.3 Å². The molecular formula is C15H28N2. The van der Waals surface area contributed by atoms with Gasteiger partial charge >= 0.3 is 0 Å². The van der Waals surface area contributed by atoms with Crippen LogP contribution in [0.25, 0.3) is 0 Å². The number of nitrogens with one attached hydrogen (secondary N) is 1. The minimum atomic E-state index is 0.455. The van der Waals surface area contributed by atoms with Gasteiger partial charge in [0.2, 0.25) is 0 Å². The highest BCUT2D eigenvalue weighted by Crippen LogP contribution is 2.44. The summed E-state index contributed by atoms with van der Waals surface area (Å²) in [5, 5.41) is 3.87. The monoisotopic (exact) mass is 236 g/mol. The van der Waals surface area contributed by atoms with Crippen LogP contribution in [0.4, 0.5) is 0 Å². The molecule has 3 fully saturated rings. The van der Waals surface area contributed by atoms with Crippen LogP contribution in [0.5, 0.6) is 0 Å². The number of hydrogen-bond acceptors (Lipinski definition) is 2. The van der Waals surface area contributed by atoms with Crippen LogP contribution in [0.3, 0.4) is 0 Å². The van der Waals surface area contributed by atoms with Gasteiger partial charge in [-0.1, -0.05) is 0 Å². The van der Waals surface area contributed by atoms with Crippen LogP contribution in [0, 0.1) is 11.8 Å². The fraction of sp³-hybridized carbons (Fsp3) is 1.00. The highest BCUT2D eigenvalue weighted by molar-refractivity contribution is 4.96. The lowest BCUT2D eigenvalue weighted by Crippen LogP contribution is -2.44. The quantitative estimate of drug-likeness (QED) is 0.763. The maximum absolute atomic E-state index is 3.87. The van der Waals surface area contributed by atoms with Gasteiger partial charge in [-0.15, -0.1) is 0 Å². The molecule has 17 heavy (non-hydrogen) atoms. The molecule has 0 spiro atoms. The van der Waals surface area contributed by atoms with Crippen LogP contribution in [0.1, 0.15) is 52.4 Å². The van der Waals surface area contributed by atoms with Crippen LogP contribution >= 0.6 is 0 Å². The Kier molecular flexibility index (Phi) is 3.20. The van der Waals surface area contributed by atoms with Crippen LogP contribution in [-0.2, 0) is 0 Å².